The second-order valence-corrected chi connectivity index (χ2v) is 17.7. The van der Waals surface area contributed by atoms with Gasteiger partial charge in [0.1, 0.15) is 0 Å². The van der Waals surface area contributed by atoms with Crippen molar-refractivity contribution in [2.75, 3.05) is 0 Å². The molecular weight excluding hydrogens is 709 g/mol. The van der Waals surface area contributed by atoms with E-state index in [0.717, 1.165) is 60.2 Å². The van der Waals surface area contributed by atoms with Gasteiger partial charge in [-0.1, -0.05) is 172 Å². The van der Waals surface area contributed by atoms with Gasteiger partial charge in [-0.15, -0.1) is 0 Å². The molecule has 57 heavy (non-hydrogen) atoms. The number of benzene rings is 3. The summed E-state index contributed by atoms with van der Waals surface area (Å²) >= 11 is 0. The number of allylic oxidation sites excluding steroid dienone is 16. The minimum absolute atomic E-state index is 0.290. The Morgan fingerprint density at radius 3 is 2.33 bits per heavy atom. The molecule has 0 spiro atoms. The first-order valence-electron chi connectivity index (χ1n) is 20.7. The van der Waals surface area contributed by atoms with Crippen LogP contribution in [0.1, 0.15) is 90.8 Å². The van der Waals surface area contributed by atoms with Gasteiger partial charge in [0.05, 0.1) is 11.4 Å². The lowest BCUT2D eigenvalue weighted by molar-refractivity contribution is 0.745. The van der Waals surface area contributed by atoms with Crippen LogP contribution in [0.5, 0.6) is 0 Å². The highest BCUT2D eigenvalue weighted by Crippen LogP contribution is 2.53. The first-order chi connectivity index (χ1) is 27.8. The van der Waals surface area contributed by atoms with Gasteiger partial charge in [-0.05, 0) is 116 Å². The molecule has 4 atom stereocenters. The quantitative estimate of drug-likeness (QED) is 0.0805. The zero-order valence-electron chi connectivity index (χ0n) is 35.0. The summed E-state index contributed by atoms with van der Waals surface area (Å²) in [7, 11) is -0.528. The molecule has 1 aromatic heterocycles. The molecule has 0 amide bonds. The summed E-state index contributed by atoms with van der Waals surface area (Å²) in [6.45, 7) is 17.6. The zero-order valence-corrected chi connectivity index (χ0v) is 35.9. The van der Waals surface area contributed by atoms with Crippen molar-refractivity contribution < 1.29 is 0 Å². The molecule has 4 aromatic rings. The molecule has 0 fully saturated rings. The van der Waals surface area contributed by atoms with Gasteiger partial charge in [0.2, 0.25) is 0 Å². The third-order valence-corrected chi connectivity index (χ3v) is 13.2. The smallest absolute Gasteiger partial charge is 0.160 e. The normalized spacial score (nSPS) is 16.7. The lowest BCUT2D eigenvalue weighted by atomic mass is 9.87. The number of nitrogens with zero attached hydrogens (tertiary/aromatic N) is 2. The maximum Gasteiger partial charge on any atom is 0.160 e. The second kappa shape index (κ2) is 22.5. The molecule has 294 valence electrons. The van der Waals surface area contributed by atoms with Crippen molar-refractivity contribution in [2.45, 2.75) is 89.7 Å². The van der Waals surface area contributed by atoms with Crippen molar-refractivity contribution >= 4 is 16.5 Å². The second-order valence-electron chi connectivity index (χ2n) is 15.1. The molecule has 2 nitrogen and oxygen atoms in total. The van der Waals surface area contributed by atoms with Crippen LogP contribution in [0.4, 0.5) is 0 Å². The molecule has 0 N–H and O–H groups in total. The Balaban J connectivity index is 1.43. The first-order valence-corrected chi connectivity index (χ1v) is 22.1. The average molecular weight is 771 g/mol. The molecule has 0 aliphatic heterocycles. The van der Waals surface area contributed by atoms with Gasteiger partial charge < -0.3 is 0 Å². The van der Waals surface area contributed by atoms with E-state index < -0.39 is 10.9 Å². The fourth-order valence-corrected chi connectivity index (χ4v) is 10.2. The first kappa shape index (κ1) is 42.9. The zero-order chi connectivity index (χ0) is 40.4. The summed E-state index contributed by atoms with van der Waals surface area (Å²) in [6.07, 6.45) is 34.6. The molecule has 5 rings (SSSR count). The van der Waals surface area contributed by atoms with Gasteiger partial charge in [-0.3, -0.25) is 0 Å². The Bertz CT molecular complexity index is 2160. The van der Waals surface area contributed by atoms with Gasteiger partial charge in [-0.25, -0.2) is 9.97 Å². The molecule has 0 radical (unpaired) electrons. The van der Waals surface area contributed by atoms with Gasteiger partial charge in [0.25, 0.3) is 0 Å². The molecular formula is C54H62N2S. The van der Waals surface area contributed by atoms with Crippen LogP contribution in [0, 0.1) is 5.92 Å². The maximum absolute atomic E-state index is 5.13. The fourth-order valence-electron chi connectivity index (χ4n) is 7.13. The third-order valence-electron chi connectivity index (χ3n) is 10.2. The van der Waals surface area contributed by atoms with Crippen molar-refractivity contribution in [3.63, 3.8) is 0 Å². The highest BCUT2D eigenvalue weighted by atomic mass is 32.2. The van der Waals surface area contributed by atoms with Crippen molar-refractivity contribution in [3.8, 4) is 22.6 Å². The molecule has 1 aliphatic carbocycles. The Morgan fingerprint density at radius 2 is 1.63 bits per heavy atom. The lowest BCUT2D eigenvalue weighted by Crippen LogP contribution is -2.14. The summed E-state index contributed by atoms with van der Waals surface area (Å²) in [6, 6.07) is 32.5. The number of hydrogen-bond donors (Lipinski definition) is 1. The van der Waals surface area contributed by atoms with Gasteiger partial charge in [0, 0.05) is 22.3 Å². The van der Waals surface area contributed by atoms with Crippen molar-refractivity contribution in [3.05, 3.63) is 204 Å². The van der Waals surface area contributed by atoms with E-state index in [1.54, 1.807) is 0 Å². The summed E-state index contributed by atoms with van der Waals surface area (Å²) in [5, 5.41) is 0.445. The van der Waals surface area contributed by atoms with E-state index in [4.69, 9.17) is 9.97 Å². The standard InChI is InChI=1S/C54H62N2S/c1-8-10-11-16-25-42(5)33-34-43(6)51-40-52(56-54(55-51)47-26-17-13-18-27-47)49-29-22-28-48(39-49)45-35-37-46(38-36-45)53(32-21-12-15-24-41(3)4)57(44(7)23-9-2)50-30-19-14-20-31-50/h8,10-20,22-24,26-31,33-35,37-40,42,45,53,57H,6,9,21,25,32,36H2,1-5,7H3/b10-8-,15-12-,16-11-,34-33-,44-23+/t42-,45-,53?/m0/s1. The van der Waals surface area contributed by atoms with E-state index in [1.807, 2.05) is 31.2 Å². The molecule has 2 unspecified atom stereocenters. The molecule has 0 bridgehead atoms. The van der Waals surface area contributed by atoms with Gasteiger partial charge >= 0.3 is 0 Å². The fraction of sp³-hybridized carbons (Fsp3) is 0.259. The van der Waals surface area contributed by atoms with E-state index in [2.05, 4.69) is 187 Å². The monoisotopic (exact) mass is 770 g/mol. The Morgan fingerprint density at radius 1 is 0.877 bits per heavy atom. The molecule has 3 heteroatoms. The summed E-state index contributed by atoms with van der Waals surface area (Å²) in [5.41, 5.74) is 8.80. The topological polar surface area (TPSA) is 25.8 Å². The number of rotatable bonds is 18. The van der Waals surface area contributed by atoms with E-state index in [1.165, 1.54) is 26.5 Å². The highest BCUT2D eigenvalue weighted by Gasteiger charge is 2.25. The molecule has 0 saturated heterocycles. The van der Waals surface area contributed by atoms with Crippen molar-refractivity contribution in [2.24, 2.45) is 5.92 Å². The number of thiol groups is 1. The number of hydrogen-bond acceptors (Lipinski definition) is 2. The Labute approximate surface area is 347 Å². The van der Waals surface area contributed by atoms with Crippen LogP contribution in [0.2, 0.25) is 0 Å². The summed E-state index contributed by atoms with van der Waals surface area (Å²) in [4.78, 5) is 13.1. The van der Waals surface area contributed by atoms with E-state index in [-0.39, 0.29) is 0 Å². The lowest BCUT2D eigenvalue weighted by Gasteiger charge is -2.35. The molecule has 1 aliphatic rings. The molecule has 0 saturated carbocycles. The number of aromatic nitrogens is 2. The van der Waals surface area contributed by atoms with Crippen LogP contribution in [0.15, 0.2) is 198 Å². The highest BCUT2D eigenvalue weighted by molar-refractivity contribution is 8.21. The Kier molecular flexibility index (Phi) is 16.9. The average Bonchev–Trinajstić information content (AvgIpc) is 3.24. The predicted octanol–water partition coefficient (Wildman–Crippen LogP) is 15.6. The van der Waals surface area contributed by atoms with Crippen LogP contribution in [0.25, 0.3) is 28.2 Å². The minimum atomic E-state index is -0.528. The molecule has 1 heterocycles. The van der Waals surface area contributed by atoms with Crippen molar-refractivity contribution in [1.29, 1.82) is 0 Å². The van der Waals surface area contributed by atoms with Crippen LogP contribution in [-0.2, 0) is 0 Å². The third kappa shape index (κ3) is 12.9. The van der Waals surface area contributed by atoms with E-state index >= 15 is 0 Å². The molecule has 3 aromatic carbocycles. The van der Waals surface area contributed by atoms with Crippen LogP contribution in [0.3, 0.4) is 0 Å². The summed E-state index contributed by atoms with van der Waals surface area (Å²) in [5.74, 6) is 1.38. The van der Waals surface area contributed by atoms with E-state index in [0.29, 0.717) is 22.9 Å². The van der Waals surface area contributed by atoms with E-state index in [9.17, 15) is 0 Å². The summed E-state index contributed by atoms with van der Waals surface area (Å²) < 4.78 is 0. The predicted molar refractivity (Wildman–Crippen MR) is 253 cm³/mol. The largest absolute Gasteiger partial charge is 0.228 e. The van der Waals surface area contributed by atoms with Crippen LogP contribution >= 0.6 is 10.9 Å². The maximum atomic E-state index is 5.13. The van der Waals surface area contributed by atoms with Gasteiger partial charge in [0.15, 0.2) is 5.82 Å². The SMILES string of the molecule is C=C(/C=C\[C@@H](C)C/C=C\C=C/C)c1cc(-c2cccc([C@H]3C=CC(C(CC/C=C\C=C(C)C)[SH](/C(C)=C/CC)c4ccccc4)=CC3)c2)nc(-c2ccccc2)n1. The van der Waals surface area contributed by atoms with Crippen LogP contribution < -0.4 is 0 Å². The minimum Gasteiger partial charge on any atom is -0.228 e. The Hall–Kier alpha value is -5.25. The van der Waals surface area contributed by atoms with Gasteiger partial charge in [-0.2, -0.15) is 10.9 Å². The van der Waals surface area contributed by atoms with Crippen LogP contribution in [-0.4, -0.2) is 15.2 Å². The van der Waals surface area contributed by atoms with Crippen molar-refractivity contribution in [1.82, 2.24) is 9.97 Å².